The van der Waals surface area contributed by atoms with Crippen LogP contribution in [-0.2, 0) is 14.9 Å². The molecule has 0 saturated heterocycles. The van der Waals surface area contributed by atoms with Crippen LogP contribution in [0.5, 0.6) is 5.75 Å². The first kappa shape index (κ1) is 11.2. The van der Waals surface area contributed by atoms with Crippen molar-refractivity contribution in [1.29, 1.82) is 0 Å². The van der Waals surface area contributed by atoms with Crippen molar-refractivity contribution in [3.05, 3.63) is 35.9 Å². The zero-order chi connectivity index (χ0) is 11.6. The summed E-state index contributed by atoms with van der Waals surface area (Å²) in [6.45, 7) is 1.16. The van der Waals surface area contributed by atoms with Crippen molar-refractivity contribution in [3.63, 3.8) is 0 Å². The van der Waals surface area contributed by atoms with E-state index in [1.54, 1.807) is 18.2 Å². The van der Waals surface area contributed by atoms with E-state index in [9.17, 15) is 8.42 Å². The second kappa shape index (κ2) is 4.27. The van der Waals surface area contributed by atoms with Crippen LogP contribution >= 0.6 is 0 Å². The second-order valence-corrected chi connectivity index (χ2v) is 5.13. The van der Waals surface area contributed by atoms with Gasteiger partial charge in [0.1, 0.15) is 5.75 Å². The van der Waals surface area contributed by atoms with Gasteiger partial charge in [-0.15, -0.1) is 0 Å². The van der Waals surface area contributed by atoms with Gasteiger partial charge in [0.2, 0.25) is 0 Å². The maximum absolute atomic E-state index is 11.0. The second-order valence-electron chi connectivity index (χ2n) is 3.56. The largest absolute Gasteiger partial charge is 0.383 e. The molecule has 0 aromatic heterocycles. The van der Waals surface area contributed by atoms with E-state index in [0.29, 0.717) is 19.0 Å². The van der Waals surface area contributed by atoms with E-state index in [-0.39, 0.29) is 0 Å². The van der Waals surface area contributed by atoms with Crippen molar-refractivity contribution in [2.75, 3.05) is 19.5 Å². The molecule has 0 radical (unpaired) electrons. The van der Waals surface area contributed by atoms with Gasteiger partial charge in [-0.1, -0.05) is 18.2 Å². The molecule has 16 heavy (non-hydrogen) atoms. The molecule has 1 aliphatic heterocycles. The number of hydrogen-bond donors (Lipinski definition) is 0. The molecule has 0 N–H and O–H groups in total. The van der Waals surface area contributed by atoms with Crippen molar-refractivity contribution in [2.45, 2.75) is 0 Å². The highest BCUT2D eigenvalue weighted by Crippen LogP contribution is 2.23. The van der Waals surface area contributed by atoms with Crippen LogP contribution in [0.4, 0.5) is 0 Å². The van der Waals surface area contributed by atoms with E-state index < -0.39 is 10.1 Å². The summed E-state index contributed by atoms with van der Waals surface area (Å²) in [7, 11) is -3.47. The number of benzene rings is 1. The van der Waals surface area contributed by atoms with E-state index in [1.807, 2.05) is 12.1 Å². The molecule has 1 aromatic carbocycles. The standard InChI is InChI=1S/C11H12O4S/c1-16(12,13)15-11-4-2-3-9(7-11)10-5-6-14-8-10/h2-5,7H,6,8H2,1H3. The Balaban J connectivity index is 2.26. The SMILES string of the molecule is CS(=O)(=O)Oc1cccc(C2=CCOC2)c1. The van der Waals surface area contributed by atoms with Crippen molar-refractivity contribution < 1.29 is 17.3 Å². The molecule has 5 heteroatoms. The van der Waals surface area contributed by atoms with Crippen molar-refractivity contribution in [3.8, 4) is 5.75 Å². The van der Waals surface area contributed by atoms with Gasteiger partial charge in [0.15, 0.2) is 0 Å². The van der Waals surface area contributed by atoms with Crippen molar-refractivity contribution >= 4 is 15.7 Å². The number of rotatable bonds is 3. The molecule has 2 rings (SSSR count). The van der Waals surface area contributed by atoms with Crippen LogP contribution in [0.2, 0.25) is 0 Å². The lowest BCUT2D eigenvalue weighted by Crippen LogP contribution is -2.05. The van der Waals surface area contributed by atoms with Crippen LogP contribution in [0.25, 0.3) is 5.57 Å². The Kier molecular flexibility index (Phi) is 2.98. The molecular weight excluding hydrogens is 228 g/mol. The minimum atomic E-state index is -3.47. The summed E-state index contributed by atoms with van der Waals surface area (Å²) in [5.74, 6) is 0.327. The summed E-state index contributed by atoms with van der Waals surface area (Å²) < 4.78 is 32.0. The van der Waals surface area contributed by atoms with Crippen LogP contribution in [0.3, 0.4) is 0 Å². The van der Waals surface area contributed by atoms with Gasteiger partial charge >= 0.3 is 10.1 Å². The average Bonchev–Trinajstić information content (AvgIpc) is 2.68. The normalized spacial score (nSPS) is 15.9. The fourth-order valence-corrected chi connectivity index (χ4v) is 1.96. The predicted octanol–water partition coefficient (Wildman–Crippen LogP) is 1.44. The van der Waals surface area contributed by atoms with Gasteiger partial charge in [0.05, 0.1) is 19.5 Å². The van der Waals surface area contributed by atoms with E-state index in [0.717, 1.165) is 17.4 Å². The highest BCUT2D eigenvalue weighted by Gasteiger charge is 2.10. The average molecular weight is 240 g/mol. The zero-order valence-corrected chi connectivity index (χ0v) is 9.66. The Bertz CT molecular complexity index is 517. The highest BCUT2D eigenvalue weighted by molar-refractivity contribution is 7.86. The molecule has 0 unspecified atom stereocenters. The minimum absolute atomic E-state index is 0.327. The third-order valence-electron chi connectivity index (χ3n) is 2.16. The quantitative estimate of drug-likeness (QED) is 0.750. The van der Waals surface area contributed by atoms with Gasteiger partial charge in [-0.3, -0.25) is 0 Å². The Hall–Kier alpha value is -1.33. The Morgan fingerprint density at radius 1 is 1.38 bits per heavy atom. The first-order valence-corrected chi connectivity index (χ1v) is 6.63. The maximum Gasteiger partial charge on any atom is 0.306 e. The lowest BCUT2D eigenvalue weighted by atomic mass is 10.1. The molecule has 0 atom stereocenters. The summed E-state index contributed by atoms with van der Waals surface area (Å²) >= 11 is 0. The van der Waals surface area contributed by atoms with Crippen LogP contribution in [-0.4, -0.2) is 27.9 Å². The topological polar surface area (TPSA) is 52.6 Å². The molecule has 1 aromatic rings. The third kappa shape index (κ3) is 2.84. The fourth-order valence-electron chi connectivity index (χ4n) is 1.51. The monoisotopic (exact) mass is 240 g/mol. The van der Waals surface area contributed by atoms with Gasteiger partial charge in [-0.25, -0.2) is 0 Å². The lowest BCUT2D eigenvalue weighted by molar-refractivity contribution is 0.216. The Morgan fingerprint density at radius 2 is 2.19 bits per heavy atom. The predicted molar refractivity (Wildman–Crippen MR) is 60.7 cm³/mol. The molecular formula is C11H12O4S. The number of hydrogen-bond acceptors (Lipinski definition) is 4. The summed E-state index contributed by atoms with van der Waals surface area (Å²) in [4.78, 5) is 0. The first-order chi connectivity index (χ1) is 7.54. The fraction of sp³-hybridized carbons (Fsp3) is 0.273. The first-order valence-electron chi connectivity index (χ1n) is 4.81. The van der Waals surface area contributed by atoms with Crippen LogP contribution in [0.15, 0.2) is 30.3 Å². The molecule has 0 aliphatic carbocycles. The Labute approximate surface area is 94.6 Å². The maximum atomic E-state index is 11.0. The van der Waals surface area contributed by atoms with Crippen LogP contribution in [0, 0.1) is 0 Å². The number of ether oxygens (including phenoxy) is 1. The third-order valence-corrected chi connectivity index (χ3v) is 2.65. The van der Waals surface area contributed by atoms with Gasteiger partial charge in [-0.2, -0.15) is 8.42 Å². The highest BCUT2D eigenvalue weighted by atomic mass is 32.2. The van der Waals surface area contributed by atoms with E-state index in [2.05, 4.69) is 0 Å². The minimum Gasteiger partial charge on any atom is -0.383 e. The molecule has 0 spiro atoms. The molecule has 1 aliphatic rings. The van der Waals surface area contributed by atoms with Gasteiger partial charge in [0, 0.05) is 0 Å². The van der Waals surface area contributed by atoms with E-state index in [4.69, 9.17) is 8.92 Å². The van der Waals surface area contributed by atoms with Crippen LogP contribution < -0.4 is 4.18 Å². The molecule has 0 fully saturated rings. The van der Waals surface area contributed by atoms with Gasteiger partial charge in [0.25, 0.3) is 0 Å². The van der Waals surface area contributed by atoms with Crippen molar-refractivity contribution in [2.24, 2.45) is 0 Å². The summed E-state index contributed by atoms with van der Waals surface area (Å²) in [6, 6.07) is 6.97. The lowest BCUT2D eigenvalue weighted by Gasteiger charge is -2.05. The van der Waals surface area contributed by atoms with E-state index >= 15 is 0 Å². The summed E-state index contributed by atoms with van der Waals surface area (Å²) in [5, 5.41) is 0. The molecule has 4 nitrogen and oxygen atoms in total. The molecule has 1 heterocycles. The summed E-state index contributed by atoms with van der Waals surface area (Å²) in [5.41, 5.74) is 1.98. The zero-order valence-electron chi connectivity index (χ0n) is 8.84. The van der Waals surface area contributed by atoms with Gasteiger partial charge in [-0.05, 0) is 23.3 Å². The Morgan fingerprint density at radius 3 is 2.81 bits per heavy atom. The molecule has 86 valence electrons. The van der Waals surface area contributed by atoms with Crippen LogP contribution in [0.1, 0.15) is 5.56 Å². The molecule has 0 amide bonds. The summed E-state index contributed by atoms with van der Waals surface area (Å²) in [6.07, 6.45) is 3.00. The molecule has 0 saturated carbocycles. The van der Waals surface area contributed by atoms with E-state index in [1.165, 1.54) is 0 Å². The molecule has 0 bridgehead atoms. The van der Waals surface area contributed by atoms with Gasteiger partial charge < -0.3 is 8.92 Å². The van der Waals surface area contributed by atoms with Crippen molar-refractivity contribution in [1.82, 2.24) is 0 Å². The smallest absolute Gasteiger partial charge is 0.306 e.